The second-order valence-electron chi connectivity index (χ2n) is 7.00. The molecule has 2 heteroatoms. The lowest BCUT2D eigenvalue weighted by molar-refractivity contribution is 0.108. The minimum Gasteiger partial charge on any atom is -0.383 e. The largest absolute Gasteiger partial charge is 0.383 e. The maximum Gasteiger partial charge on any atom is 0.0587 e. The minimum atomic E-state index is 0.618. The van der Waals surface area contributed by atoms with E-state index in [0.29, 0.717) is 5.41 Å². The smallest absolute Gasteiger partial charge is 0.0587 e. The standard InChI is InChI=1S/C17H33NO/c1-4-14(5-2)11-17(13-18-8-9-19-3)12-15-6-7-16(17)10-15/h14-16,18H,4-13H2,1-3H3. The number of ether oxygens (including phenoxy) is 1. The number of fused-ring (bicyclic) bond motifs is 2. The van der Waals surface area contributed by atoms with E-state index in [4.69, 9.17) is 4.74 Å². The summed E-state index contributed by atoms with van der Waals surface area (Å²) in [4.78, 5) is 0. The quantitative estimate of drug-likeness (QED) is 0.641. The lowest BCUT2D eigenvalue weighted by Gasteiger charge is -2.40. The Labute approximate surface area is 119 Å². The summed E-state index contributed by atoms with van der Waals surface area (Å²) < 4.78 is 5.16. The highest BCUT2D eigenvalue weighted by atomic mass is 16.5. The first kappa shape index (κ1) is 15.3. The van der Waals surface area contributed by atoms with E-state index >= 15 is 0 Å². The molecule has 2 saturated carbocycles. The lowest BCUT2D eigenvalue weighted by Crippen LogP contribution is -2.41. The number of nitrogens with one attached hydrogen (secondary N) is 1. The first-order valence-corrected chi connectivity index (χ1v) is 8.43. The van der Waals surface area contributed by atoms with Crippen LogP contribution in [0.25, 0.3) is 0 Å². The fraction of sp³-hybridized carbons (Fsp3) is 1.00. The van der Waals surface area contributed by atoms with Gasteiger partial charge in [0.15, 0.2) is 0 Å². The van der Waals surface area contributed by atoms with E-state index in [1.54, 1.807) is 7.11 Å². The number of hydrogen-bond donors (Lipinski definition) is 1. The van der Waals surface area contributed by atoms with Crippen LogP contribution in [-0.4, -0.2) is 26.8 Å². The maximum atomic E-state index is 5.16. The molecule has 3 atom stereocenters. The van der Waals surface area contributed by atoms with Crippen molar-refractivity contribution in [3.05, 3.63) is 0 Å². The first-order valence-electron chi connectivity index (χ1n) is 8.43. The third-order valence-corrected chi connectivity index (χ3v) is 5.91. The lowest BCUT2D eigenvalue weighted by atomic mass is 9.67. The van der Waals surface area contributed by atoms with Gasteiger partial charge >= 0.3 is 0 Å². The second kappa shape index (κ2) is 7.08. The Balaban J connectivity index is 1.93. The van der Waals surface area contributed by atoms with Crippen molar-refractivity contribution in [1.29, 1.82) is 0 Å². The summed E-state index contributed by atoms with van der Waals surface area (Å²) in [5, 5.41) is 3.68. The number of hydrogen-bond acceptors (Lipinski definition) is 2. The molecule has 19 heavy (non-hydrogen) atoms. The van der Waals surface area contributed by atoms with Gasteiger partial charge < -0.3 is 10.1 Å². The third-order valence-electron chi connectivity index (χ3n) is 5.91. The Hall–Kier alpha value is -0.0800. The average Bonchev–Trinajstić information content (AvgIpc) is 3.02. The molecule has 2 nitrogen and oxygen atoms in total. The van der Waals surface area contributed by atoms with Crippen LogP contribution in [0.4, 0.5) is 0 Å². The normalized spacial score (nSPS) is 33.5. The molecule has 0 aliphatic heterocycles. The first-order chi connectivity index (χ1) is 9.24. The summed E-state index contributed by atoms with van der Waals surface area (Å²) in [7, 11) is 1.79. The Morgan fingerprint density at radius 1 is 1.26 bits per heavy atom. The van der Waals surface area contributed by atoms with Crippen molar-refractivity contribution >= 4 is 0 Å². The third kappa shape index (κ3) is 3.52. The van der Waals surface area contributed by atoms with E-state index in [2.05, 4.69) is 19.2 Å². The highest BCUT2D eigenvalue weighted by Gasteiger charge is 2.50. The summed E-state index contributed by atoms with van der Waals surface area (Å²) in [6.07, 6.45) is 10.2. The van der Waals surface area contributed by atoms with Gasteiger partial charge in [0.05, 0.1) is 6.61 Å². The molecule has 2 rings (SSSR count). The van der Waals surface area contributed by atoms with E-state index in [9.17, 15) is 0 Å². The SMILES string of the molecule is CCC(CC)CC1(CNCCOC)CC2CCC1C2. The Kier molecular flexibility index (Phi) is 5.70. The fourth-order valence-electron chi connectivity index (χ4n) is 4.76. The van der Waals surface area contributed by atoms with Crippen LogP contribution in [0.15, 0.2) is 0 Å². The average molecular weight is 267 g/mol. The van der Waals surface area contributed by atoms with Crippen molar-refractivity contribution < 1.29 is 4.74 Å². The van der Waals surface area contributed by atoms with E-state index in [-0.39, 0.29) is 0 Å². The number of methoxy groups -OCH3 is 1. The molecular weight excluding hydrogens is 234 g/mol. The molecule has 1 N–H and O–H groups in total. The summed E-state index contributed by atoms with van der Waals surface area (Å²) >= 11 is 0. The van der Waals surface area contributed by atoms with Gasteiger partial charge in [-0.3, -0.25) is 0 Å². The summed E-state index contributed by atoms with van der Waals surface area (Å²) in [6, 6.07) is 0. The highest BCUT2D eigenvalue weighted by Crippen LogP contribution is 2.58. The van der Waals surface area contributed by atoms with Gasteiger partial charge in [-0.05, 0) is 48.9 Å². The molecule has 3 unspecified atom stereocenters. The Morgan fingerprint density at radius 2 is 2.05 bits per heavy atom. The van der Waals surface area contributed by atoms with Crippen LogP contribution >= 0.6 is 0 Å². The molecule has 0 aromatic heterocycles. The van der Waals surface area contributed by atoms with Gasteiger partial charge in [0, 0.05) is 20.2 Å². The fourth-order valence-corrected chi connectivity index (χ4v) is 4.76. The van der Waals surface area contributed by atoms with E-state index in [1.165, 1.54) is 51.5 Å². The molecule has 0 spiro atoms. The molecule has 2 aliphatic carbocycles. The van der Waals surface area contributed by atoms with Crippen molar-refractivity contribution in [3.8, 4) is 0 Å². The second-order valence-corrected chi connectivity index (χ2v) is 7.00. The van der Waals surface area contributed by atoms with Gasteiger partial charge in [-0.1, -0.05) is 33.1 Å². The minimum absolute atomic E-state index is 0.618. The van der Waals surface area contributed by atoms with Crippen LogP contribution < -0.4 is 5.32 Å². The van der Waals surface area contributed by atoms with Gasteiger partial charge in [-0.25, -0.2) is 0 Å². The summed E-state index contributed by atoms with van der Waals surface area (Å²) in [5.41, 5.74) is 0.618. The van der Waals surface area contributed by atoms with E-state index in [0.717, 1.165) is 30.9 Å². The molecule has 112 valence electrons. The van der Waals surface area contributed by atoms with Crippen molar-refractivity contribution in [2.75, 3.05) is 26.8 Å². The van der Waals surface area contributed by atoms with Crippen LogP contribution in [0, 0.1) is 23.2 Å². The zero-order valence-corrected chi connectivity index (χ0v) is 13.2. The van der Waals surface area contributed by atoms with Crippen LogP contribution in [0.2, 0.25) is 0 Å². The maximum absolute atomic E-state index is 5.16. The van der Waals surface area contributed by atoms with Gasteiger partial charge in [0.25, 0.3) is 0 Å². The molecule has 0 amide bonds. The Morgan fingerprint density at radius 3 is 2.58 bits per heavy atom. The van der Waals surface area contributed by atoms with Crippen molar-refractivity contribution in [1.82, 2.24) is 5.32 Å². The monoisotopic (exact) mass is 267 g/mol. The zero-order valence-electron chi connectivity index (χ0n) is 13.2. The Bertz CT molecular complexity index is 264. The highest BCUT2D eigenvalue weighted by molar-refractivity contribution is 5.02. The molecule has 0 radical (unpaired) electrons. The molecule has 0 aromatic rings. The van der Waals surface area contributed by atoms with Crippen LogP contribution in [0.1, 0.15) is 58.8 Å². The molecule has 2 fully saturated rings. The summed E-state index contributed by atoms with van der Waals surface area (Å²) in [6.45, 7) is 7.82. The molecule has 0 aromatic carbocycles. The van der Waals surface area contributed by atoms with Crippen LogP contribution in [0.5, 0.6) is 0 Å². The van der Waals surface area contributed by atoms with E-state index in [1.807, 2.05) is 0 Å². The number of rotatable bonds is 9. The van der Waals surface area contributed by atoms with Crippen LogP contribution in [0.3, 0.4) is 0 Å². The summed E-state index contributed by atoms with van der Waals surface area (Å²) in [5.74, 6) is 2.99. The van der Waals surface area contributed by atoms with Gasteiger partial charge in [0.1, 0.15) is 0 Å². The van der Waals surface area contributed by atoms with Crippen LogP contribution in [-0.2, 0) is 4.74 Å². The van der Waals surface area contributed by atoms with Gasteiger partial charge in [-0.2, -0.15) is 0 Å². The molecule has 2 aliphatic rings. The molecule has 0 heterocycles. The topological polar surface area (TPSA) is 21.3 Å². The van der Waals surface area contributed by atoms with Crippen molar-refractivity contribution in [2.45, 2.75) is 58.8 Å². The van der Waals surface area contributed by atoms with Gasteiger partial charge in [0.2, 0.25) is 0 Å². The molecule has 0 saturated heterocycles. The van der Waals surface area contributed by atoms with Crippen molar-refractivity contribution in [3.63, 3.8) is 0 Å². The van der Waals surface area contributed by atoms with E-state index < -0.39 is 0 Å². The van der Waals surface area contributed by atoms with Gasteiger partial charge in [-0.15, -0.1) is 0 Å². The predicted molar refractivity (Wildman–Crippen MR) is 81.3 cm³/mol. The van der Waals surface area contributed by atoms with Crippen molar-refractivity contribution in [2.24, 2.45) is 23.2 Å². The zero-order chi connectivity index (χ0) is 13.7. The molecular formula is C17H33NO. The molecule has 2 bridgehead atoms. The predicted octanol–water partition coefficient (Wildman–Crippen LogP) is 3.86.